The average Bonchev–Trinajstić information content (AvgIpc) is 2.64. The summed E-state index contributed by atoms with van der Waals surface area (Å²) in [5.41, 5.74) is 1.10. The number of halogens is 1. The molecule has 0 aromatic heterocycles. The summed E-state index contributed by atoms with van der Waals surface area (Å²) in [5.74, 6) is 1.48. The second-order valence-electron chi connectivity index (χ2n) is 7.64. The van der Waals surface area contributed by atoms with Crippen LogP contribution in [0.1, 0.15) is 32.3 Å². The molecular formula is C20H35IN4O2S. The molecule has 1 heterocycles. The molecule has 1 atom stereocenters. The van der Waals surface area contributed by atoms with E-state index >= 15 is 0 Å². The Morgan fingerprint density at radius 2 is 1.93 bits per heavy atom. The third kappa shape index (κ3) is 8.24. The van der Waals surface area contributed by atoms with Gasteiger partial charge in [0.1, 0.15) is 0 Å². The van der Waals surface area contributed by atoms with E-state index in [-0.39, 0.29) is 24.0 Å². The van der Waals surface area contributed by atoms with Gasteiger partial charge in [-0.05, 0) is 63.3 Å². The van der Waals surface area contributed by atoms with E-state index in [1.54, 1.807) is 19.2 Å². The van der Waals surface area contributed by atoms with Gasteiger partial charge in [0.05, 0.1) is 4.90 Å². The molecule has 1 aliphatic rings. The molecule has 0 bridgehead atoms. The Kier molecular flexibility index (Phi) is 10.8. The van der Waals surface area contributed by atoms with Gasteiger partial charge >= 0.3 is 0 Å². The first-order valence-electron chi connectivity index (χ1n) is 9.77. The first kappa shape index (κ1) is 25.2. The molecule has 2 rings (SSSR count). The highest BCUT2D eigenvalue weighted by Gasteiger charge is 2.21. The third-order valence-electron chi connectivity index (χ3n) is 5.12. The number of nitrogens with one attached hydrogen (secondary N) is 2. The van der Waals surface area contributed by atoms with Crippen molar-refractivity contribution in [2.45, 2.75) is 44.0 Å². The largest absolute Gasteiger partial charge is 0.356 e. The summed E-state index contributed by atoms with van der Waals surface area (Å²) in [5, 5.41) is 6.79. The van der Waals surface area contributed by atoms with E-state index in [2.05, 4.69) is 34.4 Å². The van der Waals surface area contributed by atoms with Crippen molar-refractivity contribution in [3.63, 3.8) is 0 Å². The van der Waals surface area contributed by atoms with Crippen LogP contribution in [0.4, 0.5) is 0 Å². The monoisotopic (exact) mass is 522 g/mol. The topological polar surface area (TPSA) is 73.8 Å². The zero-order valence-electron chi connectivity index (χ0n) is 17.4. The lowest BCUT2D eigenvalue weighted by atomic mass is 9.97. The van der Waals surface area contributed by atoms with E-state index in [9.17, 15) is 8.42 Å². The van der Waals surface area contributed by atoms with Gasteiger partial charge in [-0.15, -0.1) is 24.0 Å². The second kappa shape index (κ2) is 12.0. The number of nitrogens with zero attached hydrogens (tertiary/aromatic N) is 2. The van der Waals surface area contributed by atoms with E-state index in [1.807, 2.05) is 12.1 Å². The summed E-state index contributed by atoms with van der Waals surface area (Å²) in [7, 11) is -1.34. The van der Waals surface area contributed by atoms with Gasteiger partial charge in [-0.2, -0.15) is 0 Å². The molecular weight excluding hydrogens is 487 g/mol. The van der Waals surface area contributed by atoms with Gasteiger partial charge in [-0.1, -0.05) is 12.1 Å². The fourth-order valence-corrected chi connectivity index (χ4v) is 4.05. The first-order valence-corrected chi connectivity index (χ1v) is 11.7. The third-order valence-corrected chi connectivity index (χ3v) is 6.25. The standard InChI is InChI=1S/C20H34N4O2S.HI/c1-16(2)24-13-5-6-18(15-24)14-23-20(21-3)22-12-11-17-7-9-19(10-8-17)27(4,25)26;/h7-10,16,18H,5-6,11-15H2,1-4H3,(H2,21,22,23);1H. The molecule has 1 aromatic carbocycles. The van der Waals surface area contributed by atoms with Gasteiger partial charge in [0.15, 0.2) is 15.8 Å². The maximum Gasteiger partial charge on any atom is 0.190 e. The zero-order chi connectivity index (χ0) is 19.9. The summed E-state index contributed by atoms with van der Waals surface area (Å²) >= 11 is 0. The Hall–Kier alpha value is -0.870. The highest BCUT2D eigenvalue weighted by molar-refractivity contribution is 14.0. The minimum atomic E-state index is -3.13. The molecule has 0 saturated carbocycles. The van der Waals surface area contributed by atoms with Crippen LogP contribution in [0.5, 0.6) is 0 Å². The van der Waals surface area contributed by atoms with Crippen molar-refractivity contribution in [2.24, 2.45) is 10.9 Å². The van der Waals surface area contributed by atoms with E-state index in [1.165, 1.54) is 25.6 Å². The Balaban J connectivity index is 0.00000392. The minimum Gasteiger partial charge on any atom is -0.356 e. The lowest BCUT2D eigenvalue weighted by molar-refractivity contribution is 0.141. The maximum atomic E-state index is 11.5. The second-order valence-corrected chi connectivity index (χ2v) is 9.66. The molecule has 8 heteroatoms. The van der Waals surface area contributed by atoms with E-state index < -0.39 is 9.84 Å². The number of aliphatic imine (C=N–C) groups is 1. The van der Waals surface area contributed by atoms with Crippen molar-refractivity contribution in [1.82, 2.24) is 15.5 Å². The molecule has 1 aromatic rings. The number of sulfone groups is 1. The Labute approximate surface area is 187 Å². The van der Waals surface area contributed by atoms with Crippen LogP contribution >= 0.6 is 24.0 Å². The van der Waals surface area contributed by atoms with Gasteiger partial charge in [0, 0.05) is 39.0 Å². The van der Waals surface area contributed by atoms with Crippen LogP contribution in [-0.4, -0.2) is 64.8 Å². The summed E-state index contributed by atoms with van der Waals surface area (Å²) in [6.45, 7) is 8.57. The molecule has 1 fully saturated rings. The number of hydrogen-bond donors (Lipinski definition) is 2. The molecule has 1 aliphatic heterocycles. The predicted molar refractivity (Wildman–Crippen MR) is 127 cm³/mol. The first-order chi connectivity index (χ1) is 12.8. The lowest BCUT2D eigenvalue weighted by Crippen LogP contribution is -2.46. The number of benzene rings is 1. The van der Waals surface area contributed by atoms with Gasteiger partial charge in [-0.3, -0.25) is 4.99 Å². The molecule has 2 N–H and O–H groups in total. The van der Waals surface area contributed by atoms with Crippen LogP contribution in [0.2, 0.25) is 0 Å². The minimum absolute atomic E-state index is 0. The Morgan fingerprint density at radius 3 is 2.50 bits per heavy atom. The van der Waals surface area contributed by atoms with Crippen LogP contribution in [0, 0.1) is 5.92 Å². The molecule has 160 valence electrons. The summed E-state index contributed by atoms with van der Waals surface area (Å²) in [6.07, 6.45) is 4.57. The quantitative estimate of drug-likeness (QED) is 0.327. The maximum absolute atomic E-state index is 11.5. The molecule has 0 aliphatic carbocycles. The fourth-order valence-electron chi connectivity index (χ4n) is 3.42. The lowest BCUT2D eigenvalue weighted by Gasteiger charge is -2.35. The average molecular weight is 522 g/mol. The summed E-state index contributed by atoms with van der Waals surface area (Å²) in [4.78, 5) is 7.21. The van der Waals surface area contributed by atoms with E-state index in [0.29, 0.717) is 16.9 Å². The van der Waals surface area contributed by atoms with E-state index in [0.717, 1.165) is 37.6 Å². The molecule has 0 spiro atoms. The van der Waals surface area contributed by atoms with Gasteiger partial charge in [0.2, 0.25) is 0 Å². The van der Waals surface area contributed by atoms with Gasteiger partial charge in [-0.25, -0.2) is 8.42 Å². The molecule has 0 amide bonds. The zero-order valence-corrected chi connectivity index (χ0v) is 20.6. The molecule has 1 unspecified atom stereocenters. The summed E-state index contributed by atoms with van der Waals surface area (Å²) in [6, 6.07) is 7.69. The fraction of sp³-hybridized carbons (Fsp3) is 0.650. The van der Waals surface area contributed by atoms with Crippen molar-refractivity contribution in [3.8, 4) is 0 Å². The normalized spacial score (nSPS) is 18.6. The van der Waals surface area contributed by atoms with Crippen LogP contribution < -0.4 is 10.6 Å². The van der Waals surface area contributed by atoms with Crippen molar-refractivity contribution >= 4 is 39.8 Å². The molecule has 1 saturated heterocycles. The molecule has 0 radical (unpaired) electrons. The highest BCUT2D eigenvalue weighted by Crippen LogP contribution is 2.17. The number of guanidine groups is 1. The van der Waals surface area contributed by atoms with E-state index in [4.69, 9.17) is 0 Å². The summed E-state index contributed by atoms with van der Waals surface area (Å²) < 4.78 is 23.0. The van der Waals surface area contributed by atoms with Gasteiger partial charge < -0.3 is 15.5 Å². The number of likely N-dealkylation sites (tertiary alicyclic amines) is 1. The molecule has 28 heavy (non-hydrogen) atoms. The van der Waals surface area contributed by atoms with Crippen molar-refractivity contribution in [3.05, 3.63) is 29.8 Å². The number of hydrogen-bond acceptors (Lipinski definition) is 4. The van der Waals surface area contributed by atoms with Crippen LogP contribution in [0.3, 0.4) is 0 Å². The van der Waals surface area contributed by atoms with Crippen LogP contribution in [-0.2, 0) is 16.3 Å². The van der Waals surface area contributed by atoms with Crippen LogP contribution in [0.15, 0.2) is 34.2 Å². The SMILES string of the molecule is CN=C(NCCc1ccc(S(C)(=O)=O)cc1)NCC1CCCN(C(C)C)C1.I. The van der Waals surface area contributed by atoms with Crippen molar-refractivity contribution in [2.75, 3.05) is 39.5 Å². The Morgan fingerprint density at radius 1 is 1.25 bits per heavy atom. The smallest absolute Gasteiger partial charge is 0.190 e. The Bertz CT molecular complexity index is 720. The highest BCUT2D eigenvalue weighted by atomic mass is 127. The predicted octanol–water partition coefficient (Wildman–Crippen LogP) is 2.54. The molecule has 6 nitrogen and oxygen atoms in total. The van der Waals surface area contributed by atoms with Crippen LogP contribution in [0.25, 0.3) is 0 Å². The number of piperidine rings is 1. The van der Waals surface area contributed by atoms with Gasteiger partial charge in [0.25, 0.3) is 0 Å². The number of rotatable bonds is 7. The van der Waals surface area contributed by atoms with Crippen molar-refractivity contribution < 1.29 is 8.42 Å². The van der Waals surface area contributed by atoms with Crippen molar-refractivity contribution in [1.29, 1.82) is 0 Å².